The molecule has 0 fully saturated rings. The first-order chi connectivity index (χ1) is 29.3. The van der Waals surface area contributed by atoms with Gasteiger partial charge < -0.3 is 13.9 Å². The molecule has 3 heteroatoms. The van der Waals surface area contributed by atoms with Crippen molar-refractivity contribution in [2.75, 3.05) is 4.90 Å². The van der Waals surface area contributed by atoms with Crippen molar-refractivity contribution in [1.82, 2.24) is 4.57 Å². The van der Waals surface area contributed by atoms with Crippen LogP contribution in [0, 0.1) is 0 Å². The minimum atomic E-state index is 0.861. The zero-order valence-corrected chi connectivity index (χ0v) is 32.1. The van der Waals surface area contributed by atoms with E-state index in [4.69, 9.17) is 4.42 Å². The van der Waals surface area contributed by atoms with Gasteiger partial charge in [-0.2, -0.15) is 0 Å². The van der Waals surface area contributed by atoms with Crippen LogP contribution in [0.2, 0.25) is 0 Å². The van der Waals surface area contributed by atoms with E-state index in [0.29, 0.717) is 0 Å². The van der Waals surface area contributed by atoms with Crippen molar-refractivity contribution < 1.29 is 4.42 Å². The molecule has 0 bridgehead atoms. The molecular formula is C56H36N2O. The molecule has 0 aliphatic rings. The second kappa shape index (κ2) is 13.4. The van der Waals surface area contributed by atoms with Crippen LogP contribution in [0.4, 0.5) is 17.1 Å². The van der Waals surface area contributed by atoms with Crippen LogP contribution >= 0.6 is 0 Å². The smallest absolute Gasteiger partial charge is 0.136 e. The lowest BCUT2D eigenvalue weighted by molar-refractivity contribution is 0.669. The van der Waals surface area contributed by atoms with Gasteiger partial charge in [0, 0.05) is 43.7 Å². The van der Waals surface area contributed by atoms with Crippen molar-refractivity contribution >= 4 is 82.4 Å². The van der Waals surface area contributed by atoms with E-state index in [1.807, 2.05) is 0 Å². The van der Waals surface area contributed by atoms with Crippen LogP contribution in [0.25, 0.3) is 93.2 Å². The standard InChI is InChI=1S/C56H36N2O/c1-2-13-37(14-3-1)38-27-30-42(31-28-38)57(50-24-10-17-39-15-4-6-19-44(39)50)43-32-34-54-49(36-43)56-46(22-12-26-55(56)59-54)41-29-33-48-47-21-8-9-23-52(47)58(53(48)35-41)51-25-11-18-40-16-5-7-20-45(40)51/h1-36H. The molecule has 0 atom stereocenters. The molecule has 3 nitrogen and oxygen atoms in total. The second-order valence-electron chi connectivity index (χ2n) is 15.3. The molecule has 0 saturated heterocycles. The molecule has 2 heterocycles. The normalized spacial score (nSPS) is 11.7. The summed E-state index contributed by atoms with van der Waals surface area (Å²) in [4.78, 5) is 2.38. The summed E-state index contributed by atoms with van der Waals surface area (Å²) >= 11 is 0. The fourth-order valence-electron chi connectivity index (χ4n) is 9.26. The largest absolute Gasteiger partial charge is 0.456 e. The van der Waals surface area contributed by atoms with Gasteiger partial charge in [0.05, 0.1) is 22.4 Å². The van der Waals surface area contributed by atoms with Crippen molar-refractivity contribution in [1.29, 1.82) is 0 Å². The first-order valence-corrected chi connectivity index (χ1v) is 20.2. The number of hydrogen-bond donors (Lipinski definition) is 0. The summed E-state index contributed by atoms with van der Waals surface area (Å²) in [5.74, 6) is 0. The molecule has 2 aromatic heterocycles. The number of hydrogen-bond acceptors (Lipinski definition) is 2. The summed E-state index contributed by atoms with van der Waals surface area (Å²) in [5.41, 5.74) is 13.2. The monoisotopic (exact) mass is 752 g/mol. The molecule has 276 valence electrons. The molecule has 12 rings (SSSR count). The number of benzene rings is 10. The highest BCUT2D eigenvalue weighted by Crippen LogP contribution is 2.45. The van der Waals surface area contributed by atoms with Crippen LogP contribution < -0.4 is 4.90 Å². The predicted octanol–water partition coefficient (Wildman–Crippen LogP) is 15.8. The summed E-state index contributed by atoms with van der Waals surface area (Å²) in [6.07, 6.45) is 0. The van der Waals surface area contributed by atoms with Crippen LogP contribution in [0.3, 0.4) is 0 Å². The molecule has 0 N–H and O–H groups in total. The van der Waals surface area contributed by atoms with Gasteiger partial charge >= 0.3 is 0 Å². The minimum Gasteiger partial charge on any atom is -0.456 e. The highest BCUT2D eigenvalue weighted by atomic mass is 16.3. The molecule has 0 radical (unpaired) electrons. The molecule has 12 aromatic rings. The van der Waals surface area contributed by atoms with Crippen molar-refractivity contribution in [3.05, 3.63) is 218 Å². The Morgan fingerprint density at radius 3 is 1.83 bits per heavy atom. The predicted molar refractivity (Wildman–Crippen MR) is 249 cm³/mol. The third-order valence-electron chi connectivity index (χ3n) is 12.0. The summed E-state index contributed by atoms with van der Waals surface area (Å²) in [6, 6.07) is 78.7. The van der Waals surface area contributed by atoms with Crippen LogP contribution in [0.5, 0.6) is 0 Å². The zero-order valence-electron chi connectivity index (χ0n) is 32.1. The Hall–Kier alpha value is -7.88. The van der Waals surface area contributed by atoms with Gasteiger partial charge in [-0.05, 0) is 93.7 Å². The summed E-state index contributed by atoms with van der Waals surface area (Å²) < 4.78 is 9.09. The Bertz CT molecular complexity index is 3550. The van der Waals surface area contributed by atoms with Gasteiger partial charge in [0.25, 0.3) is 0 Å². The fourth-order valence-corrected chi connectivity index (χ4v) is 9.26. The second-order valence-corrected chi connectivity index (χ2v) is 15.3. The molecule has 10 aromatic carbocycles. The Morgan fingerprint density at radius 1 is 0.356 bits per heavy atom. The van der Waals surface area contributed by atoms with Gasteiger partial charge in [0.1, 0.15) is 11.2 Å². The van der Waals surface area contributed by atoms with E-state index < -0.39 is 0 Å². The Kier molecular flexibility index (Phi) is 7.54. The van der Waals surface area contributed by atoms with E-state index >= 15 is 0 Å². The number of anilines is 3. The Balaban J connectivity index is 1.06. The number of nitrogens with zero attached hydrogens (tertiary/aromatic N) is 2. The molecule has 59 heavy (non-hydrogen) atoms. The van der Waals surface area contributed by atoms with Gasteiger partial charge in [-0.1, -0.05) is 158 Å². The van der Waals surface area contributed by atoms with Crippen LogP contribution in [-0.2, 0) is 0 Å². The maximum atomic E-state index is 6.65. The van der Waals surface area contributed by atoms with Crippen LogP contribution in [0.1, 0.15) is 0 Å². The van der Waals surface area contributed by atoms with E-state index in [9.17, 15) is 0 Å². The SMILES string of the molecule is c1ccc(-c2ccc(N(c3ccc4oc5cccc(-c6ccc7c8ccccc8n(-c8cccc9ccccc89)c7c6)c5c4c3)c3cccc4ccccc34)cc2)cc1. The van der Waals surface area contributed by atoms with E-state index in [1.54, 1.807) is 0 Å². The van der Waals surface area contributed by atoms with E-state index in [2.05, 4.69) is 228 Å². The lowest BCUT2D eigenvalue weighted by Gasteiger charge is -2.27. The maximum Gasteiger partial charge on any atom is 0.136 e. The number of para-hydroxylation sites is 1. The number of fused-ring (bicyclic) bond motifs is 8. The van der Waals surface area contributed by atoms with Gasteiger partial charge in [-0.3, -0.25) is 0 Å². The van der Waals surface area contributed by atoms with Gasteiger partial charge in [-0.25, -0.2) is 0 Å². The van der Waals surface area contributed by atoms with Crippen molar-refractivity contribution in [3.8, 4) is 27.9 Å². The zero-order chi connectivity index (χ0) is 38.9. The number of furan rings is 1. The summed E-state index contributed by atoms with van der Waals surface area (Å²) in [6.45, 7) is 0. The van der Waals surface area contributed by atoms with Gasteiger partial charge in [-0.15, -0.1) is 0 Å². The highest BCUT2D eigenvalue weighted by molar-refractivity contribution is 6.16. The summed E-state index contributed by atoms with van der Waals surface area (Å²) in [5, 5.41) is 9.49. The number of rotatable bonds is 6. The Labute approximate surface area is 341 Å². The average Bonchev–Trinajstić information content (AvgIpc) is 3.85. The van der Waals surface area contributed by atoms with Crippen molar-refractivity contribution in [2.45, 2.75) is 0 Å². The molecule has 0 spiro atoms. The molecule has 0 aliphatic heterocycles. The first kappa shape index (κ1) is 33.3. The van der Waals surface area contributed by atoms with E-state index in [1.165, 1.54) is 60.2 Å². The Morgan fingerprint density at radius 2 is 0.983 bits per heavy atom. The quantitative estimate of drug-likeness (QED) is 0.169. The lowest BCUT2D eigenvalue weighted by atomic mass is 9.97. The minimum absolute atomic E-state index is 0.861. The fraction of sp³-hybridized carbons (Fsp3) is 0. The molecular weight excluding hydrogens is 717 g/mol. The highest BCUT2D eigenvalue weighted by Gasteiger charge is 2.21. The maximum absolute atomic E-state index is 6.65. The lowest BCUT2D eigenvalue weighted by Crippen LogP contribution is -2.10. The van der Waals surface area contributed by atoms with Crippen molar-refractivity contribution in [3.63, 3.8) is 0 Å². The molecule has 0 amide bonds. The van der Waals surface area contributed by atoms with E-state index in [-0.39, 0.29) is 0 Å². The number of aromatic nitrogens is 1. The molecule has 0 saturated carbocycles. The molecule has 0 unspecified atom stereocenters. The van der Waals surface area contributed by atoms with Crippen LogP contribution in [-0.4, -0.2) is 4.57 Å². The van der Waals surface area contributed by atoms with E-state index in [0.717, 1.165) is 50.1 Å². The first-order valence-electron chi connectivity index (χ1n) is 20.2. The third kappa shape index (κ3) is 5.36. The topological polar surface area (TPSA) is 21.3 Å². The van der Waals surface area contributed by atoms with Crippen LogP contribution in [0.15, 0.2) is 223 Å². The van der Waals surface area contributed by atoms with Gasteiger partial charge in [0.15, 0.2) is 0 Å². The third-order valence-corrected chi connectivity index (χ3v) is 12.0. The van der Waals surface area contributed by atoms with Crippen molar-refractivity contribution in [2.24, 2.45) is 0 Å². The molecule has 0 aliphatic carbocycles. The summed E-state index contributed by atoms with van der Waals surface area (Å²) in [7, 11) is 0. The van der Waals surface area contributed by atoms with Gasteiger partial charge in [0.2, 0.25) is 0 Å². The average molecular weight is 753 g/mol.